The molecule has 3 aromatic rings. The molecule has 0 unspecified atom stereocenters. The molecule has 0 fully saturated rings. The Balaban J connectivity index is 1.46. The predicted molar refractivity (Wildman–Crippen MR) is 93.5 cm³/mol. The van der Waals surface area contributed by atoms with Crippen molar-refractivity contribution >= 4 is 11.6 Å². The molecule has 1 amide bonds. The summed E-state index contributed by atoms with van der Waals surface area (Å²) < 4.78 is 50.9. The first-order valence-electron chi connectivity index (χ1n) is 8.33. The van der Waals surface area contributed by atoms with Gasteiger partial charge in [-0.3, -0.25) is 4.79 Å². The van der Waals surface area contributed by atoms with Gasteiger partial charge >= 0.3 is 6.18 Å². The third-order valence-corrected chi connectivity index (χ3v) is 4.11. The molecular formula is C19H14F3N3O3. The van der Waals surface area contributed by atoms with Crippen molar-refractivity contribution in [2.45, 2.75) is 12.3 Å². The lowest BCUT2D eigenvalue weighted by atomic mass is 10.2. The maximum atomic E-state index is 13.0. The van der Waals surface area contributed by atoms with Crippen LogP contribution in [0.4, 0.5) is 18.9 Å². The standard InChI is InChI=1S/C19H14F3N3O3/c20-19(21,22)17-9-10-23-25(17)13-7-5-12(6-8-13)24-18(26)16-11-27-14-3-1-2-4-15(14)28-16/h1-10,16H,11H2,(H,24,26)/t16-/m0/s1. The Hall–Kier alpha value is -3.49. The molecule has 2 heterocycles. The van der Waals surface area contributed by atoms with Crippen LogP contribution in [0.3, 0.4) is 0 Å². The Labute approximate surface area is 157 Å². The van der Waals surface area contributed by atoms with Gasteiger partial charge in [0, 0.05) is 5.69 Å². The van der Waals surface area contributed by atoms with E-state index < -0.39 is 23.9 Å². The Bertz CT molecular complexity index is 999. The average molecular weight is 389 g/mol. The second kappa shape index (κ2) is 6.91. The Kier molecular flexibility index (Phi) is 4.42. The van der Waals surface area contributed by atoms with E-state index in [2.05, 4.69) is 10.4 Å². The number of amides is 1. The van der Waals surface area contributed by atoms with E-state index in [0.29, 0.717) is 17.2 Å². The van der Waals surface area contributed by atoms with Crippen LogP contribution in [0.1, 0.15) is 5.69 Å². The molecule has 0 spiro atoms. The number of nitrogens with zero attached hydrogens (tertiary/aromatic N) is 2. The van der Waals surface area contributed by atoms with E-state index in [1.54, 1.807) is 24.3 Å². The van der Waals surface area contributed by atoms with Crippen LogP contribution in [-0.4, -0.2) is 28.4 Å². The molecule has 2 aromatic carbocycles. The molecule has 28 heavy (non-hydrogen) atoms. The Morgan fingerprint density at radius 3 is 2.50 bits per heavy atom. The molecule has 0 radical (unpaired) electrons. The van der Waals surface area contributed by atoms with Crippen molar-refractivity contribution in [2.75, 3.05) is 11.9 Å². The van der Waals surface area contributed by atoms with E-state index in [-0.39, 0.29) is 12.3 Å². The van der Waals surface area contributed by atoms with Gasteiger partial charge in [-0.05, 0) is 42.5 Å². The Morgan fingerprint density at radius 2 is 1.79 bits per heavy atom. The van der Waals surface area contributed by atoms with Gasteiger partial charge in [-0.25, -0.2) is 4.68 Å². The summed E-state index contributed by atoms with van der Waals surface area (Å²) in [5, 5.41) is 6.38. The van der Waals surface area contributed by atoms with Crippen molar-refractivity contribution < 1.29 is 27.4 Å². The highest BCUT2D eigenvalue weighted by atomic mass is 19.4. The first-order valence-corrected chi connectivity index (χ1v) is 8.33. The highest BCUT2D eigenvalue weighted by Gasteiger charge is 2.35. The van der Waals surface area contributed by atoms with E-state index >= 15 is 0 Å². The Morgan fingerprint density at radius 1 is 1.07 bits per heavy atom. The first kappa shape index (κ1) is 17.9. The molecule has 1 aliphatic heterocycles. The highest BCUT2D eigenvalue weighted by Crippen LogP contribution is 2.32. The van der Waals surface area contributed by atoms with Gasteiger partial charge in [-0.2, -0.15) is 18.3 Å². The first-order chi connectivity index (χ1) is 13.4. The third kappa shape index (κ3) is 3.51. The summed E-state index contributed by atoms with van der Waals surface area (Å²) >= 11 is 0. The number of benzene rings is 2. The lowest BCUT2D eigenvalue weighted by Crippen LogP contribution is -2.40. The van der Waals surface area contributed by atoms with Gasteiger partial charge in [0.15, 0.2) is 11.5 Å². The number of carbonyl (C=O) groups excluding carboxylic acids is 1. The lowest BCUT2D eigenvalue weighted by molar-refractivity contribution is -0.142. The molecule has 0 saturated carbocycles. The number of fused-ring (bicyclic) bond motifs is 1. The smallest absolute Gasteiger partial charge is 0.433 e. The summed E-state index contributed by atoms with van der Waals surface area (Å²) in [5.74, 6) is 0.621. The minimum atomic E-state index is -4.52. The molecule has 1 aromatic heterocycles. The number of halogens is 3. The van der Waals surface area contributed by atoms with Crippen LogP contribution in [0.15, 0.2) is 60.8 Å². The summed E-state index contributed by atoms with van der Waals surface area (Å²) in [4.78, 5) is 12.4. The van der Waals surface area contributed by atoms with E-state index in [4.69, 9.17) is 9.47 Å². The van der Waals surface area contributed by atoms with Gasteiger partial charge in [-0.1, -0.05) is 12.1 Å². The van der Waals surface area contributed by atoms with Crippen LogP contribution in [-0.2, 0) is 11.0 Å². The summed E-state index contributed by atoms with van der Waals surface area (Å²) in [7, 11) is 0. The highest BCUT2D eigenvalue weighted by molar-refractivity contribution is 5.94. The van der Waals surface area contributed by atoms with E-state index in [9.17, 15) is 18.0 Å². The van der Waals surface area contributed by atoms with Crippen molar-refractivity contribution in [1.82, 2.24) is 9.78 Å². The number of rotatable bonds is 3. The fraction of sp³-hybridized carbons (Fsp3) is 0.158. The largest absolute Gasteiger partial charge is 0.485 e. The number of carbonyl (C=O) groups is 1. The number of alkyl halides is 3. The van der Waals surface area contributed by atoms with Crippen molar-refractivity contribution in [2.24, 2.45) is 0 Å². The molecule has 4 rings (SSSR count). The summed E-state index contributed by atoms with van der Waals surface area (Å²) in [6, 6.07) is 13.8. The normalized spacial score (nSPS) is 15.9. The number of anilines is 1. The zero-order chi connectivity index (χ0) is 19.7. The molecular weight excluding hydrogens is 375 g/mol. The van der Waals surface area contributed by atoms with Crippen LogP contribution in [0.2, 0.25) is 0 Å². The van der Waals surface area contributed by atoms with Crippen LogP contribution in [0, 0.1) is 0 Å². The molecule has 1 aliphatic rings. The van der Waals surface area contributed by atoms with Crippen molar-refractivity contribution in [3.63, 3.8) is 0 Å². The second-order valence-electron chi connectivity index (χ2n) is 6.03. The zero-order valence-corrected chi connectivity index (χ0v) is 14.3. The minimum absolute atomic E-state index is 0.0587. The van der Waals surface area contributed by atoms with Gasteiger partial charge in [-0.15, -0.1) is 0 Å². The predicted octanol–water partition coefficient (Wildman–Crippen LogP) is 3.67. The number of hydrogen-bond donors (Lipinski definition) is 1. The third-order valence-electron chi connectivity index (χ3n) is 4.11. The minimum Gasteiger partial charge on any atom is -0.485 e. The topological polar surface area (TPSA) is 65.4 Å². The van der Waals surface area contributed by atoms with Gasteiger partial charge in [0.2, 0.25) is 6.10 Å². The number of ether oxygens (including phenoxy) is 2. The molecule has 6 nitrogen and oxygen atoms in total. The van der Waals surface area contributed by atoms with Crippen LogP contribution < -0.4 is 14.8 Å². The molecule has 0 saturated heterocycles. The van der Waals surface area contributed by atoms with Gasteiger partial charge < -0.3 is 14.8 Å². The maximum absolute atomic E-state index is 13.0. The zero-order valence-electron chi connectivity index (χ0n) is 14.3. The summed E-state index contributed by atoms with van der Waals surface area (Å²) in [6.07, 6.45) is -4.27. The maximum Gasteiger partial charge on any atom is 0.433 e. The van der Waals surface area contributed by atoms with Crippen molar-refractivity contribution in [3.05, 3.63) is 66.5 Å². The quantitative estimate of drug-likeness (QED) is 0.742. The number of nitrogens with one attached hydrogen (secondary N) is 1. The molecule has 0 aliphatic carbocycles. The second-order valence-corrected chi connectivity index (χ2v) is 6.03. The van der Waals surface area contributed by atoms with Gasteiger partial charge in [0.1, 0.15) is 12.3 Å². The lowest BCUT2D eigenvalue weighted by Gasteiger charge is -2.25. The van der Waals surface area contributed by atoms with Crippen molar-refractivity contribution in [1.29, 1.82) is 0 Å². The summed E-state index contributed by atoms with van der Waals surface area (Å²) in [5.41, 5.74) is -0.242. The van der Waals surface area contributed by atoms with Gasteiger partial charge in [0.05, 0.1) is 11.9 Å². The van der Waals surface area contributed by atoms with Gasteiger partial charge in [0.25, 0.3) is 5.91 Å². The average Bonchev–Trinajstić information content (AvgIpc) is 3.18. The SMILES string of the molecule is O=C(Nc1ccc(-n2nccc2C(F)(F)F)cc1)[C@@H]1COc2ccccc2O1. The van der Waals surface area contributed by atoms with E-state index in [1.165, 1.54) is 24.3 Å². The van der Waals surface area contributed by atoms with Crippen LogP contribution in [0.25, 0.3) is 5.69 Å². The molecule has 0 bridgehead atoms. The fourth-order valence-corrected chi connectivity index (χ4v) is 2.78. The van der Waals surface area contributed by atoms with Crippen LogP contribution in [0.5, 0.6) is 11.5 Å². The van der Waals surface area contributed by atoms with E-state index in [0.717, 1.165) is 16.9 Å². The molecule has 1 atom stereocenters. The van der Waals surface area contributed by atoms with Crippen LogP contribution >= 0.6 is 0 Å². The number of para-hydroxylation sites is 2. The van der Waals surface area contributed by atoms with Crippen molar-refractivity contribution in [3.8, 4) is 17.2 Å². The summed E-state index contributed by atoms with van der Waals surface area (Å²) in [6.45, 7) is 0.0587. The number of aromatic nitrogens is 2. The molecule has 1 N–H and O–H groups in total. The fourth-order valence-electron chi connectivity index (χ4n) is 2.78. The monoisotopic (exact) mass is 389 g/mol. The van der Waals surface area contributed by atoms with E-state index in [1.807, 2.05) is 0 Å². The molecule has 144 valence electrons. The molecule has 9 heteroatoms. The number of hydrogen-bond acceptors (Lipinski definition) is 4.